The maximum atomic E-state index is 13.5. The highest BCUT2D eigenvalue weighted by atomic mass is 19.4. The SMILES string of the molecule is COc1cccc(C[C@H](N2NC(=O)CC2(C)C)C(F)(F)F)c1. The van der Waals surface area contributed by atoms with E-state index in [2.05, 4.69) is 5.43 Å². The van der Waals surface area contributed by atoms with Gasteiger partial charge in [-0.05, 0) is 38.0 Å². The molecule has 1 aromatic carbocycles. The molecule has 2 rings (SSSR count). The lowest BCUT2D eigenvalue weighted by molar-refractivity contribution is -0.200. The van der Waals surface area contributed by atoms with Gasteiger partial charge in [-0.25, -0.2) is 5.01 Å². The fourth-order valence-electron chi connectivity index (χ4n) is 2.68. The van der Waals surface area contributed by atoms with Crippen LogP contribution in [0, 0.1) is 0 Å². The molecule has 4 nitrogen and oxygen atoms in total. The molecule has 7 heteroatoms. The molecule has 1 atom stereocenters. The summed E-state index contributed by atoms with van der Waals surface area (Å²) in [4.78, 5) is 11.5. The number of benzene rings is 1. The first-order chi connectivity index (χ1) is 10.1. The third kappa shape index (κ3) is 3.52. The summed E-state index contributed by atoms with van der Waals surface area (Å²) in [5, 5.41) is 1.02. The molecule has 22 heavy (non-hydrogen) atoms. The molecule has 1 N–H and O–H groups in total. The van der Waals surface area contributed by atoms with Crippen molar-refractivity contribution in [2.24, 2.45) is 0 Å². The van der Waals surface area contributed by atoms with Gasteiger partial charge in [0.2, 0.25) is 5.91 Å². The zero-order valence-corrected chi connectivity index (χ0v) is 12.7. The van der Waals surface area contributed by atoms with E-state index in [-0.39, 0.29) is 12.8 Å². The minimum Gasteiger partial charge on any atom is -0.497 e. The Labute approximate surface area is 127 Å². The van der Waals surface area contributed by atoms with Crippen LogP contribution in [-0.2, 0) is 11.2 Å². The first-order valence-electron chi connectivity index (χ1n) is 6.92. The third-order valence-corrected chi connectivity index (χ3v) is 3.74. The average Bonchev–Trinajstić information content (AvgIpc) is 2.67. The van der Waals surface area contributed by atoms with E-state index in [4.69, 9.17) is 4.74 Å². The number of amides is 1. The van der Waals surface area contributed by atoms with Crippen LogP contribution in [0.2, 0.25) is 0 Å². The standard InChI is InChI=1S/C15H19F3N2O2/c1-14(2)9-13(21)19-20(14)12(15(16,17)18)8-10-5-4-6-11(7-10)22-3/h4-7,12H,8-9H2,1-3H3,(H,19,21)/t12-/m0/s1. The van der Waals surface area contributed by atoms with Crippen molar-refractivity contribution in [1.82, 2.24) is 10.4 Å². The number of halogens is 3. The van der Waals surface area contributed by atoms with Crippen molar-refractivity contribution in [2.75, 3.05) is 7.11 Å². The van der Waals surface area contributed by atoms with E-state index in [9.17, 15) is 18.0 Å². The summed E-state index contributed by atoms with van der Waals surface area (Å²) in [6.45, 7) is 3.24. The predicted molar refractivity (Wildman–Crippen MR) is 75.2 cm³/mol. The Morgan fingerprint density at radius 1 is 1.41 bits per heavy atom. The molecule has 1 amide bonds. The Bertz CT molecular complexity index is 558. The van der Waals surface area contributed by atoms with Gasteiger partial charge < -0.3 is 4.74 Å². The fraction of sp³-hybridized carbons (Fsp3) is 0.533. The van der Waals surface area contributed by atoms with Gasteiger partial charge in [-0.1, -0.05) is 12.1 Å². The van der Waals surface area contributed by atoms with Crippen LogP contribution in [0.5, 0.6) is 5.75 Å². The van der Waals surface area contributed by atoms with Crippen molar-refractivity contribution in [3.8, 4) is 5.75 Å². The number of hydrazine groups is 1. The minimum absolute atomic E-state index is 0.0394. The Kier molecular flexibility index (Phi) is 4.37. The maximum Gasteiger partial charge on any atom is 0.406 e. The topological polar surface area (TPSA) is 41.6 Å². The van der Waals surface area contributed by atoms with Gasteiger partial charge in [0.05, 0.1) is 7.11 Å². The van der Waals surface area contributed by atoms with Crippen LogP contribution < -0.4 is 10.2 Å². The predicted octanol–water partition coefficient (Wildman–Crippen LogP) is 2.68. The van der Waals surface area contributed by atoms with E-state index in [1.807, 2.05) is 0 Å². The van der Waals surface area contributed by atoms with Crippen LogP contribution in [0.1, 0.15) is 25.8 Å². The molecule has 0 bridgehead atoms. The molecular formula is C15H19F3N2O2. The van der Waals surface area contributed by atoms with Crippen molar-refractivity contribution >= 4 is 5.91 Å². The molecule has 0 radical (unpaired) electrons. The average molecular weight is 316 g/mol. The minimum atomic E-state index is -4.46. The number of nitrogens with one attached hydrogen (secondary N) is 1. The summed E-state index contributed by atoms with van der Waals surface area (Å²) in [6.07, 6.45) is -4.68. The summed E-state index contributed by atoms with van der Waals surface area (Å²) >= 11 is 0. The number of ether oxygens (including phenoxy) is 1. The molecule has 0 aliphatic carbocycles. The van der Waals surface area contributed by atoms with E-state index in [1.165, 1.54) is 7.11 Å². The van der Waals surface area contributed by atoms with Crippen molar-refractivity contribution in [3.05, 3.63) is 29.8 Å². The Hall–Kier alpha value is -1.76. The quantitative estimate of drug-likeness (QED) is 0.928. The molecule has 1 saturated heterocycles. The van der Waals surface area contributed by atoms with Gasteiger partial charge >= 0.3 is 6.18 Å². The molecule has 1 heterocycles. The Balaban J connectivity index is 2.29. The van der Waals surface area contributed by atoms with Crippen molar-refractivity contribution < 1.29 is 22.7 Å². The number of rotatable bonds is 4. The molecule has 0 aromatic heterocycles. The Morgan fingerprint density at radius 2 is 2.09 bits per heavy atom. The van der Waals surface area contributed by atoms with Crippen molar-refractivity contribution in [3.63, 3.8) is 0 Å². The highest BCUT2D eigenvalue weighted by Gasteiger charge is 2.51. The first kappa shape index (κ1) is 16.6. The number of hydrogen-bond donors (Lipinski definition) is 1. The van der Waals surface area contributed by atoms with Gasteiger partial charge in [0.1, 0.15) is 11.8 Å². The lowest BCUT2D eigenvalue weighted by Gasteiger charge is -2.37. The van der Waals surface area contributed by atoms with E-state index >= 15 is 0 Å². The Morgan fingerprint density at radius 3 is 2.59 bits per heavy atom. The summed E-state index contributed by atoms with van der Waals surface area (Å²) in [7, 11) is 1.46. The van der Waals surface area contributed by atoms with Gasteiger partial charge in [0, 0.05) is 12.0 Å². The van der Waals surface area contributed by atoms with Gasteiger partial charge in [0.25, 0.3) is 0 Å². The zero-order chi connectivity index (χ0) is 16.5. The second-order valence-corrected chi connectivity index (χ2v) is 6.01. The van der Waals surface area contributed by atoms with Gasteiger partial charge in [-0.2, -0.15) is 13.2 Å². The second-order valence-electron chi connectivity index (χ2n) is 6.01. The summed E-state index contributed by atoms with van der Waals surface area (Å²) in [5.41, 5.74) is 1.95. The molecular weight excluding hydrogens is 297 g/mol. The van der Waals surface area contributed by atoms with Gasteiger partial charge in [-0.15, -0.1) is 0 Å². The number of alkyl halides is 3. The molecule has 1 fully saturated rings. The number of methoxy groups -OCH3 is 1. The number of hydrogen-bond acceptors (Lipinski definition) is 3. The van der Waals surface area contributed by atoms with Crippen LogP contribution in [0.3, 0.4) is 0 Å². The first-order valence-corrected chi connectivity index (χ1v) is 6.92. The number of carbonyl (C=O) groups is 1. The van der Waals surface area contributed by atoms with E-state index in [0.29, 0.717) is 11.3 Å². The van der Waals surface area contributed by atoms with Crippen LogP contribution in [0.25, 0.3) is 0 Å². The second kappa shape index (κ2) is 5.79. The molecule has 0 unspecified atom stereocenters. The van der Waals surface area contributed by atoms with Gasteiger partial charge in [-0.3, -0.25) is 10.2 Å². The largest absolute Gasteiger partial charge is 0.497 e. The fourth-order valence-corrected chi connectivity index (χ4v) is 2.68. The van der Waals surface area contributed by atoms with Gasteiger partial charge in [0.15, 0.2) is 0 Å². The van der Waals surface area contributed by atoms with E-state index in [0.717, 1.165) is 5.01 Å². The van der Waals surface area contributed by atoms with Crippen LogP contribution in [0.4, 0.5) is 13.2 Å². The molecule has 0 spiro atoms. The maximum absolute atomic E-state index is 13.5. The monoisotopic (exact) mass is 316 g/mol. The van der Waals surface area contributed by atoms with Crippen molar-refractivity contribution in [2.45, 2.75) is 44.4 Å². The molecule has 1 aromatic rings. The summed E-state index contributed by atoms with van der Waals surface area (Å²) in [6, 6.07) is 4.72. The highest BCUT2D eigenvalue weighted by molar-refractivity contribution is 5.78. The number of carbonyl (C=O) groups excluding carboxylic acids is 1. The summed E-state index contributed by atoms with van der Waals surface area (Å²) in [5.74, 6) is 0.105. The highest BCUT2D eigenvalue weighted by Crippen LogP contribution is 2.35. The lowest BCUT2D eigenvalue weighted by Crippen LogP contribution is -2.57. The number of nitrogens with zero attached hydrogens (tertiary/aromatic N) is 1. The molecule has 1 aliphatic heterocycles. The van der Waals surface area contributed by atoms with Crippen LogP contribution >= 0.6 is 0 Å². The van der Waals surface area contributed by atoms with Crippen molar-refractivity contribution in [1.29, 1.82) is 0 Å². The zero-order valence-electron chi connectivity index (χ0n) is 12.7. The normalized spacial score (nSPS) is 19.8. The smallest absolute Gasteiger partial charge is 0.406 e. The summed E-state index contributed by atoms with van der Waals surface area (Å²) < 4.78 is 45.5. The molecule has 122 valence electrons. The molecule has 0 saturated carbocycles. The third-order valence-electron chi connectivity index (χ3n) is 3.74. The van der Waals surface area contributed by atoms with E-state index < -0.39 is 23.7 Å². The lowest BCUT2D eigenvalue weighted by atomic mass is 9.97. The van der Waals surface area contributed by atoms with Crippen LogP contribution in [0.15, 0.2) is 24.3 Å². The molecule has 1 aliphatic rings. The van der Waals surface area contributed by atoms with Crippen LogP contribution in [-0.4, -0.2) is 35.8 Å². The van der Waals surface area contributed by atoms with E-state index in [1.54, 1.807) is 38.1 Å².